The Hall–Kier alpha value is -2.00. The molecular formula is C13H14N2O3S. The van der Waals surface area contributed by atoms with Gasteiger partial charge in [0, 0.05) is 37.8 Å². The van der Waals surface area contributed by atoms with Crippen LogP contribution < -0.4 is 5.32 Å². The fourth-order valence-electron chi connectivity index (χ4n) is 1.38. The summed E-state index contributed by atoms with van der Waals surface area (Å²) in [5.41, 5.74) is 1.06. The smallest absolute Gasteiger partial charge is 0.293 e. The molecule has 6 heteroatoms. The van der Waals surface area contributed by atoms with Gasteiger partial charge in [0.25, 0.3) is 5.69 Å². The van der Waals surface area contributed by atoms with Crippen molar-refractivity contribution in [3.8, 4) is 11.8 Å². The van der Waals surface area contributed by atoms with Crippen LogP contribution in [0.1, 0.15) is 18.9 Å². The summed E-state index contributed by atoms with van der Waals surface area (Å²) >= 11 is 1.22. The molecule has 0 spiro atoms. The number of benzene rings is 1. The Labute approximate surface area is 115 Å². The zero-order valence-electron chi connectivity index (χ0n) is 10.7. The Balaban J connectivity index is 2.74. The molecule has 0 radical (unpaired) electrons. The molecule has 0 atom stereocenters. The molecule has 1 aromatic rings. The number of nitro benzene ring substituents is 1. The van der Waals surface area contributed by atoms with Crippen molar-refractivity contribution in [2.24, 2.45) is 0 Å². The fourth-order valence-corrected chi connectivity index (χ4v) is 1.87. The van der Waals surface area contributed by atoms with Crippen molar-refractivity contribution in [2.75, 3.05) is 18.1 Å². The maximum absolute atomic E-state index is 10.9. The lowest BCUT2D eigenvalue weighted by Gasteiger charge is -2.01. The van der Waals surface area contributed by atoms with Crippen molar-refractivity contribution in [1.82, 2.24) is 0 Å². The monoisotopic (exact) mass is 278 g/mol. The molecule has 0 saturated carbocycles. The van der Waals surface area contributed by atoms with E-state index >= 15 is 0 Å². The molecule has 0 aromatic heterocycles. The lowest BCUT2D eigenvalue weighted by atomic mass is 10.1. The second-order valence-electron chi connectivity index (χ2n) is 3.63. The third kappa shape index (κ3) is 5.02. The van der Waals surface area contributed by atoms with Crippen LogP contribution in [-0.2, 0) is 4.79 Å². The highest BCUT2D eigenvalue weighted by Crippen LogP contribution is 2.24. The molecule has 100 valence electrons. The first-order valence-corrected chi connectivity index (χ1v) is 6.61. The molecule has 0 aliphatic carbocycles. The number of nitrogens with zero attached hydrogens (tertiary/aromatic N) is 1. The van der Waals surface area contributed by atoms with E-state index in [1.165, 1.54) is 24.8 Å². The molecule has 1 rings (SSSR count). The Morgan fingerprint density at radius 1 is 1.53 bits per heavy atom. The molecule has 0 aliphatic heterocycles. The van der Waals surface area contributed by atoms with Crippen LogP contribution >= 0.6 is 11.8 Å². The molecule has 0 amide bonds. The zero-order chi connectivity index (χ0) is 14.3. The summed E-state index contributed by atoms with van der Waals surface area (Å²) in [5, 5.41) is 13.7. The summed E-state index contributed by atoms with van der Waals surface area (Å²) in [5.74, 6) is 6.39. The van der Waals surface area contributed by atoms with Gasteiger partial charge >= 0.3 is 0 Å². The van der Waals surface area contributed by atoms with Crippen LogP contribution in [0.25, 0.3) is 0 Å². The Bertz CT molecular complexity index is 547. The Kier molecular flexibility index (Phi) is 5.90. The minimum absolute atomic E-state index is 0.00686. The standard InChI is InChI=1S/C13H14N2O3S/c1-10(16)19-8-4-3-5-11-6-7-12(14-2)13(9-11)15(17)18/h6-7,9,14H,4,8H2,1-2H3. The number of anilines is 1. The number of thioether (sulfide) groups is 1. The highest BCUT2D eigenvalue weighted by Gasteiger charge is 2.12. The van der Waals surface area contributed by atoms with Gasteiger partial charge in [-0.05, 0) is 12.1 Å². The van der Waals surface area contributed by atoms with E-state index in [-0.39, 0.29) is 10.8 Å². The van der Waals surface area contributed by atoms with E-state index < -0.39 is 4.92 Å². The van der Waals surface area contributed by atoms with Gasteiger partial charge in [0.15, 0.2) is 5.12 Å². The van der Waals surface area contributed by atoms with Gasteiger partial charge in [-0.1, -0.05) is 23.6 Å². The van der Waals surface area contributed by atoms with Crippen LogP contribution in [0.4, 0.5) is 11.4 Å². The molecule has 0 unspecified atom stereocenters. The van der Waals surface area contributed by atoms with Gasteiger partial charge < -0.3 is 5.32 Å². The van der Waals surface area contributed by atoms with Crippen molar-refractivity contribution in [3.05, 3.63) is 33.9 Å². The molecular weight excluding hydrogens is 264 g/mol. The quantitative estimate of drug-likeness (QED) is 0.397. The van der Waals surface area contributed by atoms with Crippen LogP contribution in [-0.4, -0.2) is 22.8 Å². The van der Waals surface area contributed by atoms with E-state index in [0.29, 0.717) is 23.4 Å². The lowest BCUT2D eigenvalue weighted by molar-refractivity contribution is -0.384. The number of carbonyl (C=O) groups is 1. The predicted octanol–water partition coefficient (Wildman–Crippen LogP) is 2.66. The summed E-state index contributed by atoms with van der Waals surface area (Å²) in [6.45, 7) is 1.51. The van der Waals surface area contributed by atoms with Crippen LogP contribution in [0.15, 0.2) is 18.2 Å². The zero-order valence-corrected chi connectivity index (χ0v) is 11.5. The van der Waals surface area contributed by atoms with Gasteiger partial charge in [0.1, 0.15) is 5.69 Å². The average Bonchev–Trinajstić information content (AvgIpc) is 2.37. The van der Waals surface area contributed by atoms with E-state index in [4.69, 9.17) is 0 Å². The molecule has 1 aromatic carbocycles. The molecule has 19 heavy (non-hydrogen) atoms. The summed E-state index contributed by atoms with van der Waals surface area (Å²) in [6, 6.07) is 4.80. The topological polar surface area (TPSA) is 72.2 Å². The minimum Gasteiger partial charge on any atom is -0.383 e. The molecule has 1 N–H and O–H groups in total. The van der Waals surface area contributed by atoms with Crippen molar-refractivity contribution in [1.29, 1.82) is 0 Å². The van der Waals surface area contributed by atoms with Gasteiger partial charge in [-0.25, -0.2) is 0 Å². The Morgan fingerprint density at radius 2 is 2.26 bits per heavy atom. The number of hydrogen-bond donors (Lipinski definition) is 1. The summed E-state index contributed by atoms with van der Waals surface area (Å²) in [7, 11) is 1.63. The first kappa shape index (κ1) is 15.1. The van der Waals surface area contributed by atoms with E-state index in [0.717, 1.165) is 0 Å². The van der Waals surface area contributed by atoms with E-state index in [1.54, 1.807) is 19.2 Å². The highest BCUT2D eigenvalue weighted by atomic mass is 32.2. The minimum atomic E-state index is -0.442. The first-order valence-electron chi connectivity index (χ1n) is 5.63. The van der Waals surface area contributed by atoms with E-state index in [1.807, 2.05) is 0 Å². The van der Waals surface area contributed by atoms with Crippen molar-refractivity contribution < 1.29 is 9.72 Å². The number of carbonyl (C=O) groups excluding carboxylic acids is 1. The largest absolute Gasteiger partial charge is 0.383 e. The molecule has 0 heterocycles. The summed E-state index contributed by atoms with van der Waals surface area (Å²) < 4.78 is 0. The third-order valence-corrected chi connectivity index (χ3v) is 3.04. The van der Waals surface area contributed by atoms with Gasteiger partial charge in [-0.15, -0.1) is 0 Å². The van der Waals surface area contributed by atoms with Crippen LogP contribution in [0.3, 0.4) is 0 Å². The lowest BCUT2D eigenvalue weighted by Crippen LogP contribution is -1.96. The van der Waals surface area contributed by atoms with Gasteiger partial charge in [0.2, 0.25) is 0 Å². The SMILES string of the molecule is CNc1ccc(C#CCCSC(C)=O)cc1[N+](=O)[O-]. The number of nitrogens with one attached hydrogen (secondary N) is 1. The van der Waals surface area contributed by atoms with Gasteiger partial charge in [-0.3, -0.25) is 14.9 Å². The molecule has 0 fully saturated rings. The van der Waals surface area contributed by atoms with Crippen LogP contribution in [0.2, 0.25) is 0 Å². The number of hydrogen-bond acceptors (Lipinski definition) is 5. The maximum Gasteiger partial charge on any atom is 0.293 e. The normalized spacial score (nSPS) is 9.37. The first-order chi connectivity index (χ1) is 9.04. The Morgan fingerprint density at radius 3 is 2.84 bits per heavy atom. The van der Waals surface area contributed by atoms with Crippen LogP contribution in [0, 0.1) is 22.0 Å². The fraction of sp³-hybridized carbons (Fsp3) is 0.308. The van der Waals surface area contributed by atoms with Crippen molar-refractivity contribution in [3.63, 3.8) is 0 Å². The molecule has 5 nitrogen and oxygen atoms in total. The van der Waals surface area contributed by atoms with Crippen molar-refractivity contribution in [2.45, 2.75) is 13.3 Å². The number of nitro groups is 1. The second kappa shape index (κ2) is 7.44. The average molecular weight is 278 g/mol. The van der Waals surface area contributed by atoms with Crippen molar-refractivity contribution >= 4 is 28.3 Å². The molecule has 0 bridgehead atoms. The summed E-state index contributed by atoms with van der Waals surface area (Å²) in [4.78, 5) is 21.1. The molecule has 0 saturated heterocycles. The second-order valence-corrected chi connectivity index (χ2v) is 4.90. The van der Waals surface area contributed by atoms with Crippen LogP contribution in [0.5, 0.6) is 0 Å². The predicted molar refractivity (Wildman–Crippen MR) is 77.3 cm³/mol. The van der Waals surface area contributed by atoms with Gasteiger partial charge in [0.05, 0.1) is 4.92 Å². The van der Waals surface area contributed by atoms with Gasteiger partial charge in [-0.2, -0.15) is 0 Å². The van der Waals surface area contributed by atoms with E-state index in [2.05, 4.69) is 17.2 Å². The van der Waals surface area contributed by atoms with E-state index in [9.17, 15) is 14.9 Å². The summed E-state index contributed by atoms with van der Waals surface area (Å²) in [6.07, 6.45) is 0.575. The number of rotatable bonds is 4. The third-order valence-electron chi connectivity index (χ3n) is 2.23. The highest BCUT2D eigenvalue weighted by molar-refractivity contribution is 8.13. The maximum atomic E-state index is 10.9. The molecule has 0 aliphatic rings.